The van der Waals surface area contributed by atoms with Crippen molar-refractivity contribution in [1.29, 1.82) is 0 Å². The summed E-state index contributed by atoms with van der Waals surface area (Å²) in [5.41, 5.74) is -0.830. The molecule has 16 heavy (non-hydrogen) atoms. The molecule has 0 aliphatic rings. The molecule has 0 saturated heterocycles. The van der Waals surface area contributed by atoms with Crippen molar-refractivity contribution in [2.24, 2.45) is 0 Å². The van der Waals surface area contributed by atoms with Crippen LogP contribution in [0.1, 0.15) is 11.3 Å². The number of hydrogen-bond donors (Lipinski definition) is 2. The summed E-state index contributed by atoms with van der Waals surface area (Å²) in [6.45, 7) is 0. The summed E-state index contributed by atoms with van der Waals surface area (Å²) in [6, 6.07) is 1.83. The van der Waals surface area contributed by atoms with E-state index in [0.29, 0.717) is 6.20 Å². The minimum atomic E-state index is -4.48. The van der Waals surface area contributed by atoms with Gasteiger partial charge in [0.1, 0.15) is 0 Å². The first-order chi connectivity index (χ1) is 7.30. The fourth-order valence-corrected chi connectivity index (χ4v) is 0.998. The van der Waals surface area contributed by atoms with E-state index in [1.54, 1.807) is 0 Å². The van der Waals surface area contributed by atoms with Crippen LogP contribution in [-0.4, -0.2) is 27.3 Å². The molecule has 88 valence electrons. The van der Waals surface area contributed by atoms with Crippen molar-refractivity contribution >= 4 is 5.97 Å². The predicted octanol–water partition coefficient (Wildman–Crippen LogP) is 1.09. The highest BCUT2D eigenvalue weighted by molar-refractivity contribution is 5.72. The van der Waals surface area contributed by atoms with E-state index in [0.717, 1.165) is 12.1 Å². The molecule has 1 atom stereocenters. The largest absolute Gasteiger partial charge is 0.479 e. The van der Waals surface area contributed by atoms with Gasteiger partial charge in [0.15, 0.2) is 6.10 Å². The highest BCUT2D eigenvalue weighted by atomic mass is 19.4. The van der Waals surface area contributed by atoms with Crippen molar-refractivity contribution in [3.05, 3.63) is 29.6 Å². The molecular weight excluding hydrogens is 227 g/mol. The zero-order valence-electron chi connectivity index (χ0n) is 7.90. The molecule has 1 heterocycles. The average molecular weight is 235 g/mol. The third-order valence-electron chi connectivity index (χ3n) is 1.84. The summed E-state index contributed by atoms with van der Waals surface area (Å²) in [6.07, 6.45) is -5.86. The normalized spacial score (nSPS) is 13.5. The third kappa shape index (κ3) is 3.20. The Balaban J connectivity index is 2.76. The van der Waals surface area contributed by atoms with Crippen LogP contribution < -0.4 is 0 Å². The Morgan fingerprint density at radius 3 is 2.44 bits per heavy atom. The van der Waals surface area contributed by atoms with Crippen molar-refractivity contribution in [2.75, 3.05) is 0 Å². The first-order valence-electron chi connectivity index (χ1n) is 4.23. The Hall–Kier alpha value is -1.63. The predicted molar refractivity (Wildman–Crippen MR) is 46.6 cm³/mol. The Bertz CT molecular complexity index is 375. The van der Waals surface area contributed by atoms with Crippen LogP contribution in [0.5, 0.6) is 0 Å². The maximum atomic E-state index is 12.1. The van der Waals surface area contributed by atoms with E-state index < -0.39 is 23.8 Å². The molecule has 7 heteroatoms. The smallest absolute Gasteiger partial charge is 0.417 e. The number of alkyl halides is 3. The number of aliphatic carboxylic acids is 1. The summed E-state index contributed by atoms with van der Waals surface area (Å²) < 4.78 is 36.4. The highest BCUT2D eigenvalue weighted by Crippen LogP contribution is 2.28. The summed E-state index contributed by atoms with van der Waals surface area (Å²) in [7, 11) is 0. The number of carboxylic acid groups (broad SMARTS) is 1. The van der Waals surface area contributed by atoms with Gasteiger partial charge >= 0.3 is 12.1 Å². The molecule has 0 amide bonds. The molecule has 0 fully saturated rings. The van der Waals surface area contributed by atoms with Crippen molar-refractivity contribution in [3.63, 3.8) is 0 Å². The Kier molecular flexibility index (Phi) is 3.48. The standard InChI is InChI=1S/C9H8F3NO3/c10-9(11,12)5-1-2-6(13-4-5)3-7(14)8(15)16/h1-2,4,7,14H,3H2,(H,15,16). The number of pyridine rings is 1. The van der Waals surface area contributed by atoms with E-state index in [4.69, 9.17) is 10.2 Å². The fraction of sp³-hybridized carbons (Fsp3) is 0.333. The molecule has 1 aromatic heterocycles. The lowest BCUT2D eigenvalue weighted by atomic mass is 10.1. The maximum absolute atomic E-state index is 12.1. The van der Waals surface area contributed by atoms with Crippen molar-refractivity contribution in [1.82, 2.24) is 4.98 Å². The van der Waals surface area contributed by atoms with Crippen LogP contribution in [0.2, 0.25) is 0 Å². The van der Waals surface area contributed by atoms with Crippen LogP contribution in [0.4, 0.5) is 13.2 Å². The number of hydrogen-bond acceptors (Lipinski definition) is 3. The SMILES string of the molecule is O=C(O)C(O)Cc1ccc(C(F)(F)F)cn1. The monoisotopic (exact) mass is 235 g/mol. The molecule has 1 unspecified atom stereocenters. The molecule has 1 rings (SSSR count). The van der Waals surface area contributed by atoms with Crippen LogP contribution in [0, 0.1) is 0 Å². The van der Waals surface area contributed by atoms with Gasteiger partial charge in [0.05, 0.1) is 5.56 Å². The molecule has 0 radical (unpaired) electrons. The summed E-state index contributed by atoms with van der Waals surface area (Å²) in [5.74, 6) is -1.44. The number of aliphatic hydroxyl groups excluding tert-OH is 1. The van der Waals surface area contributed by atoms with Gasteiger partial charge in [0.2, 0.25) is 0 Å². The van der Waals surface area contributed by atoms with Crippen molar-refractivity contribution < 1.29 is 28.2 Å². The van der Waals surface area contributed by atoms with E-state index in [9.17, 15) is 18.0 Å². The van der Waals surface area contributed by atoms with Gasteiger partial charge in [-0.2, -0.15) is 13.2 Å². The lowest BCUT2D eigenvalue weighted by Gasteiger charge is -2.08. The minimum Gasteiger partial charge on any atom is -0.479 e. The minimum absolute atomic E-state index is 0.0860. The Morgan fingerprint density at radius 2 is 2.06 bits per heavy atom. The first kappa shape index (κ1) is 12.4. The van der Waals surface area contributed by atoms with Crippen LogP contribution >= 0.6 is 0 Å². The van der Waals surface area contributed by atoms with Crippen LogP contribution in [0.15, 0.2) is 18.3 Å². The van der Waals surface area contributed by atoms with Crippen molar-refractivity contribution in [3.8, 4) is 0 Å². The number of aliphatic hydroxyl groups is 1. The second kappa shape index (κ2) is 4.48. The van der Waals surface area contributed by atoms with Gasteiger partial charge in [0.25, 0.3) is 0 Å². The summed E-state index contributed by atoms with van der Waals surface area (Å²) in [4.78, 5) is 13.7. The van der Waals surface area contributed by atoms with E-state index >= 15 is 0 Å². The van der Waals surface area contributed by atoms with Crippen LogP contribution in [-0.2, 0) is 17.4 Å². The molecule has 1 aromatic rings. The number of nitrogens with zero attached hydrogens (tertiary/aromatic N) is 1. The van der Waals surface area contributed by atoms with E-state index in [-0.39, 0.29) is 12.1 Å². The first-order valence-corrected chi connectivity index (χ1v) is 4.23. The molecule has 4 nitrogen and oxygen atoms in total. The summed E-state index contributed by atoms with van der Waals surface area (Å²) >= 11 is 0. The van der Waals surface area contributed by atoms with E-state index in [1.165, 1.54) is 0 Å². The number of rotatable bonds is 3. The van der Waals surface area contributed by atoms with Gasteiger partial charge in [-0.1, -0.05) is 0 Å². The van der Waals surface area contributed by atoms with Gasteiger partial charge in [-0.15, -0.1) is 0 Å². The van der Waals surface area contributed by atoms with Gasteiger partial charge in [-0.25, -0.2) is 4.79 Å². The number of halogens is 3. The maximum Gasteiger partial charge on any atom is 0.417 e. The number of carbonyl (C=O) groups is 1. The lowest BCUT2D eigenvalue weighted by molar-refractivity contribution is -0.146. The summed E-state index contributed by atoms with van der Waals surface area (Å²) in [5, 5.41) is 17.3. The second-order valence-electron chi connectivity index (χ2n) is 3.09. The zero-order chi connectivity index (χ0) is 12.3. The van der Waals surface area contributed by atoms with Gasteiger partial charge < -0.3 is 10.2 Å². The molecule has 0 spiro atoms. The van der Waals surface area contributed by atoms with Gasteiger partial charge in [0, 0.05) is 18.3 Å². The molecular formula is C9H8F3NO3. The van der Waals surface area contributed by atoms with Gasteiger partial charge in [-0.05, 0) is 12.1 Å². The highest BCUT2D eigenvalue weighted by Gasteiger charge is 2.30. The molecule has 0 bridgehead atoms. The Labute approximate surface area is 88.4 Å². The lowest BCUT2D eigenvalue weighted by Crippen LogP contribution is -2.22. The third-order valence-corrected chi connectivity index (χ3v) is 1.84. The number of aromatic nitrogens is 1. The quantitative estimate of drug-likeness (QED) is 0.822. The molecule has 0 aromatic carbocycles. The van der Waals surface area contributed by atoms with Crippen LogP contribution in [0.3, 0.4) is 0 Å². The second-order valence-corrected chi connectivity index (χ2v) is 3.09. The van der Waals surface area contributed by atoms with E-state index in [1.807, 2.05) is 0 Å². The van der Waals surface area contributed by atoms with Crippen molar-refractivity contribution in [2.45, 2.75) is 18.7 Å². The molecule has 2 N–H and O–H groups in total. The van der Waals surface area contributed by atoms with Crippen LogP contribution in [0.25, 0.3) is 0 Å². The molecule has 0 aliphatic carbocycles. The van der Waals surface area contributed by atoms with Gasteiger partial charge in [-0.3, -0.25) is 4.98 Å². The molecule has 0 aliphatic heterocycles. The number of carboxylic acids is 1. The zero-order valence-corrected chi connectivity index (χ0v) is 7.90. The molecule has 0 saturated carbocycles. The van der Waals surface area contributed by atoms with E-state index in [2.05, 4.69) is 4.98 Å². The fourth-order valence-electron chi connectivity index (χ4n) is 0.998. The Morgan fingerprint density at radius 1 is 1.44 bits per heavy atom. The average Bonchev–Trinajstić information content (AvgIpc) is 2.17. The topological polar surface area (TPSA) is 70.4 Å².